The maximum absolute atomic E-state index is 6.10. The Morgan fingerprint density at radius 1 is 0.909 bits per heavy atom. The molecule has 2 aliphatic heterocycles. The van der Waals surface area contributed by atoms with Crippen LogP contribution in [0.3, 0.4) is 0 Å². The Hall–Kier alpha value is -3.30. The topological polar surface area (TPSA) is 103 Å². The predicted molar refractivity (Wildman–Crippen MR) is 127 cm³/mol. The lowest BCUT2D eigenvalue weighted by Crippen LogP contribution is -2.37. The molecule has 2 saturated heterocycles. The van der Waals surface area contributed by atoms with Gasteiger partial charge < -0.3 is 25.0 Å². The van der Waals surface area contributed by atoms with E-state index in [1.807, 2.05) is 30.5 Å². The first-order chi connectivity index (χ1) is 16.1. The molecule has 0 bridgehead atoms. The van der Waals surface area contributed by atoms with E-state index in [9.17, 15) is 0 Å². The zero-order chi connectivity index (χ0) is 22.6. The molecule has 0 spiro atoms. The molecule has 2 fully saturated rings. The van der Waals surface area contributed by atoms with Crippen LogP contribution in [0.4, 0.5) is 11.8 Å². The van der Waals surface area contributed by atoms with Crippen LogP contribution in [0, 0.1) is 0 Å². The van der Waals surface area contributed by atoms with Crippen molar-refractivity contribution >= 4 is 11.8 Å². The third-order valence-electron chi connectivity index (χ3n) is 6.08. The van der Waals surface area contributed by atoms with Gasteiger partial charge in [-0.15, -0.1) is 0 Å². The number of hydrogen-bond donors (Lipinski definition) is 1. The standard InChI is InChI=1S/C24H29N7O2/c1-30-8-6-19(7-9-30)33-23-5-3-18(16-27-23)21-14-20(17-2-4-22(25)26-15-17)28-24(29-21)31-10-12-32-13-11-31/h2-5,14-16,19H,6-13H2,1H3,(H2,25,26). The number of morpholine rings is 1. The summed E-state index contributed by atoms with van der Waals surface area (Å²) in [6, 6.07) is 9.60. The van der Waals surface area contributed by atoms with Crippen LogP contribution in [0.1, 0.15) is 12.8 Å². The van der Waals surface area contributed by atoms with E-state index in [0.29, 0.717) is 30.9 Å². The molecule has 0 aromatic carbocycles. The molecule has 9 heteroatoms. The Balaban J connectivity index is 1.42. The Kier molecular flexibility index (Phi) is 6.32. The maximum Gasteiger partial charge on any atom is 0.226 e. The van der Waals surface area contributed by atoms with E-state index in [2.05, 4.69) is 26.8 Å². The number of likely N-dealkylation sites (tertiary alicyclic amines) is 1. The molecule has 0 radical (unpaired) electrons. The molecule has 3 aromatic rings. The average molecular weight is 448 g/mol. The number of hydrogen-bond acceptors (Lipinski definition) is 9. The fourth-order valence-corrected chi connectivity index (χ4v) is 4.07. The van der Waals surface area contributed by atoms with Crippen molar-refractivity contribution in [3.8, 4) is 28.4 Å². The second-order valence-corrected chi connectivity index (χ2v) is 8.52. The van der Waals surface area contributed by atoms with Gasteiger partial charge in [0.15, 0.2) is 0 Å². The monoisotopic (exact) mass is 447 g/mol. The summed E-state index contributed by atoms with van der Waals surface area (Å²) < 4.78 is 11.6. The van der Waals surface area contributed by atoms with Crippen molar-refractivity contribution in [1.82, 2.24) is 24.8 Å². The number of piperidine rings is 1. The highest BCUT2D eigenvalue weighted by molar-refractivity contribution is 5.69. The van der Waals surface area contributed by atoms with Gasteiger partial charge in [-0.1, -0.05) is 0 Å². The second-order valence-electron chi connectivity index (χ2n) is 8.52. The third kappa shape index (κ3) is 5.20. The number of ether oxygens (including phenoxy) is 2. The molecule has 33 heavy (non-hydrogen) atoms. The molecule has 5 heterocycles. The van der Waals surface area contributed by atoms with Crippen molar-refractivity contribution in [1.29, 1.82) is 0 Å². The number of nitrogen functional groups attached to an aromatic ring is 1. The Bertz CT molecular complexity index is 1060. The molecule has 0 amide bonds. The summed E-state index contributed by atoms with van der Waals surface area (Å²) >= 11 is 0. The van der Waals surface area contributed by atoms with Gasteiger partial charge in [0.2, 0.25) is 11.8 Å². The first-order valence-corrected chi connectivity index (χ1v) is 11.4. The van der Waals surface area contributed by atoms with E-state index in [-0.39, 0.29) is 6.10 Å². The highest BCUT2D eigenvalue weighted by Gasteiger charge is 2.20. The van der Waals surface area contributed by atoms with Gasteiger partial charge in [-0.05, 0) is 44.2 Å². The molecule has 2 N–H and O–H groups in total. The van der Waals surface area contributed by atoms with E-state index >= 15 is 0 Å². The van der Waals surface area contributed by atoms with Gasteiger partial charge in [0.05, 0.1) is 24.6 Å². The normalized spacial score (nSPS) is 17.8. The molecular formula is C24H29N7O2. The van der Waals surface area contributed by atoms with Crippen molar-refractivity contribution in [2.45, 2.75) is 18.9 Å². The summed E-state index contributed by atoms with van der Waals surface area (Å²) in [6.07, 6.45) is 5.82. The highest BCUT2D eigenvalue weighted by Crippen LogP contribution is 2.27. The summed E-state index contributed by atoms with van der Waals surface area (Å²) in [4.78, 5) is 22.9. The number of anilines is 2. The Morgan fingerprint density at radius 2 is 1.58 bits per heavy atom. The van der Waals surface area contributed by atoms with Gasteiger partial charge in [-0.25, -0.2) is 19.9 Å². The van der Waals surface area contributed by atoms with Crippen LogP contribution in [0.2, 0.25) is 0 Å². The molecule has 3 aromatic heterocycles. The fourth-order valence-electron chi connectivity index (χ4n) is 4.07. The van der Waals surface area contributed by atoms with Crippen molar-refractivity contribution in [2.75, 3.05) is 57.1 Å². The lowest BCUT2D eigenvalue weighted by Gasteiger charge is -2.29. The highest BCUT2D eigenvalue weighted by atomic mass is 16.5. The molecule has 0 unspecified atom stereocenters. The second kappa shape index (κ2) is 9.68. The van der Waals surface area contributed by atoms with Crippen LogP contribution in [0.25, 0.3) is 22.5 Å². The Labute approximate surface area is 193 Å². The van der Waals surface area contributed by atoms with Gasteiger partial charge in [0.1, 0.15) is 11.9 Å². The number of rotatable bonds is 5. The largest absolute Gasteiger partial charge is 0.474 e. The SMILES string of the molecule is CN1CCC(Oc2ccc(-c3cc(-c4ccc(N)nc4)nc(N4CCOCC4)n3)cn2)CC1. The minimum atomic E-state index is 0.219. The molecule has 9 nitrogen and oxygen atoms in total. The molecule has 5 rings (SSSR count). The van der Waals surface area contributed by atoms with Crippen molar-refractivity contribution in [2.24, 2.45) is 0 Å². The summed E-state index contributed by atoms with van der Waals surface area (Å²) in [5.74, 6) is 1.80. The van der Waals surface area contributed by atoms with Gasteiger partial charge in [0.25, 0.3) is 0 Å². The van der Waals surface area contributed by atoms with Gasteiger partial charge in [0, 0.05) is 55.8 Å². The summed E-state index contributed by atoms with van der Waals surface area (Å²) in [5, 5.41) is 0. The van der Waals surface area contributed by atoms with E-state index in [0.717, 1.165) is 61.5 Å². The van der Waals surface area contributed by atoms with Gasteiger partial charge >= 0.3 is 0 Å². The fraction of sp³-hybridized carbons (Fsp3) is 0.417. The Morgan fingerprint density at radius 3 is 2.18 bits per heavy atom. The molecule has 0 aliphatic carbocycles. The van der Waals surface area contributed by atoms with E-state index in [1.165, 1.54) is 0 Å². The van der Waals surface area contributed by atoms with Crippen molar-refractivity contribution < 1.29 is 9.47 Å². The smallest absolute Gasteiger partial charge is 0.226 e. The number of aromatic nitrogens is 4. The van der Waals surface area contributed by atoms with E-state index in [1.54, 1.807) is 12.3 Å². The average Bonchev–Trinajstić information content (AvgIpc) is 2.87. The zero-order valence-electron chi connectivity index (χ0n) is 18.9. The minimum Gasteiger partial charge on any atom is -0.474 e. The molecule has 2 aliphatic rings. The van der Waals surface area contributed by atoms with Gasteiger partial charge in [-0.2, -0.15) is 0 Å². The third-order valence-corrected chi connectivity index (χ3v) is 6.08. The van der Waals surface area contributed by atoms with Crippen LogP contribution in [-0.2, 0) is 4.74 Å². The molecular weight excluding hydrogens is 418 g/mol. The summed E-state index contributed by atoms with van der Waals surface area (Å²) in [7, 11) is 2.14. The summed E-state index contributed by atoms with van der Waals surface area (Å²) in [5.41, 5.74) is 9.16. The number of nitrogens with two attached hydrogens (primary N) is 1. The molecule has 0 atom stereocenters. The number of pyridine rings is 2. The predicted octanol–water partition coefficient (Wildman–Crippen LogP) is 2.49. The van der Waals surface area contributed by atoms with Crippen LogP contribution < -0.4 is 15.4 Å². The first kappa shape index (κ1) is 21.5. The van der Waals surface area contributed by atoms with Crippen LogP contribution >= 0.6 is 0 Å². The van der Waals surface area contributed by atoms with Crippen LogP contribution in [-0.4, -0.2) is 77.4 Å². The van der Waals surface area contributed by atoms with E-state index in [4.69, 9.17) is 25.2 Å². The number of nitrogens with zero attached hydrogens (tertiary/aromatic N) is 6. The molecule has 0 saturated carbocycles. The van der Waals surface area contributed by atoms with Crippen molar-refractivity contribution in [3.05, 3.63) is 42.7 Å². The lowest BCUT2D eigenvalue weighted by atomic mass is 10.1. The van der Waals surface area contributed by atoms with Gasteiger partial charge in [-0.3, -0.25) is 0 Å². The first-order valence-electron chi connectivity index (χ1n) is 11.4. The quantitative estimate of drug-likeness (QED) is 0.632. The summed E-state index contributed by atoms with van der Waals surface area (Å²) in [6.45, 7) is 4.94. The van der Waals surface area contributed by atoms with E-state index < -0.39 is 0 Å². The zero-order valence-corrected chi connectivity index (χ0v) is 18.9. The minimum absolute atomic E-state index is 0.219. The van der Waals surface area contributed by atoms with Crippen LogP contribution in [0.15, 0.2) is 42.7 Å². The maximum atomic E-state index is 6.10. The lowest BCUT2D eigenvalue weighted by molar-refractivity contribution is 0.110. The molecule has 172 valence electrons. The van der Waals surface area contributed by atoms with Crippen LogP contribution in [0.5, 0.6) is 5.88 Å². The van der Waals surface area contributed by atoms with Crippen molar-refractivity contribution in [3.63, 3.8) is 0 Å².